The van der Waals surface area contributed by atoms with Crippen molar-refractivity contribution in [3.63, 3.8) is 0 Å². The van der Waals surface area contributed by atoms with Gasteiger partial charge in [-0.3, -0.25) is 4.79 Å². The Bertz CT molecular complexity index is 686. The molecule has 1 aromatic heterocycles. The van der Waals surface area contributed by atoms with Crippen LogP contribution in [-0.2, 0) is 0 Å². The minimum atomic E-state index is -0.116. The van der Waals surface area contributed by atoms with Gasteiger partial charge in [-0.05, 0) is 38.1 Å². The minimum Gasteiger partial charge on any atom is -0.348 e. The van der Waals surface area contributed by atoms with Gasteiger partial charge < -0.3 is 10.6 Å². The van der Waals surface area contributed by atoms with Gasteiger partial charge in [0, 0.05) is 17.0 Å². The fourth-order valence-corrected chi connectivity index (χ4v) is 3.46. The standard InChI is InChI=1S/C15H15Cl2N3OS.ClH/c16-11-2-1-9(7-12(11)17)15-20-13(8-22-15)14(21)19-10-3-5-18-6-4-10;/h1-2,7-8,10,18H,3-6H2,(H,19,21);1H. The average Bonchev–Trinajstić information content (AvgIpc) is 3.01. The largest absolute Gasteiger partial charge is 0.348 e. The molecule has 1 aromatic carbocycles. The zero-order chi connectivity index (χ0) is 15.5. The SMILES string of the molecule is Cl.O=C(NC1CCNCC1)c1csc(-c2ccc(Cl)c(Cl)c2)n1. The van der Waals surface area contributed by atoms with Crippen LogP contribution in [0.15, 0.2) is 23.6 Å². The Labute approximate surface area is 155 Å². The first-order valence-electron chi connectivity index (χ1n) is 7.06. The lowest BCUT2D eigenvalue weighted by atomic mass is 10.1. The number of hydrogen-bond donors (Lipinski definition) is 2. The number of nitrogens with one attached hydrogen (secondary N) is 2. The third kappa shape index (κ3) is 4.58. The molecule has 1 aliphatic rings. The molecule has 0 aliphatic carbocycles. The van der Waals surface area contributed by atoms with E-state index in [-0.39, 0.29) is 24.4 Å². The molecule has 23 heavy (non-hydrogen) atoms. The van der Waals surface area contributed by atoms with Crippen molar-refractivity contribution >= 4 is 52.9 Å². The molecular weight excluding hydrogens is 377 g/mol. The molecule has 0 bridgehead atoms. The summed E-state index contributed by atoms with van der Waals surface area (Å²) in [6.07, 6.45) is 1.91. The van der Waals surface area contributed by atoms with Crippen molar-refractivity contribution in [2.45, 2.75) is 18.9 Å². The molecule has 4 nitrogen and oxygen atoms in total. The minimum absolute atomic E-state index is 0. The van der Waals surface area contributed by atoms with Crippen molar-refractivity contribution in [3.8, 4) is 10.6 Å². The van der Waals surface area contributed by atoms with Crippen LogP contribution in [-0.4, -0.2) is 30.0 Å². The molecule has 0 atom stereocenters. The molecule has 1 saturated heterocycles. The lowest BCUT2D eigenvalue weighted by Gasteiger charge is -2.23. The Morgan fingerprint density at radius 2 is 2.00 bits per heavy atom. The maximum Gasteiger partial charge on any atom is 0.270 e. The Morgan fingerprint density at radius 3 is 2.70 bits per heavy atom. The molecule has 124 valence electrons. The van der Waals surface area contributed by atoms with Gasteiger partial charge in [0.15, 0.2) is 0 Å². The van der Waals surface area contributed by atoms with E-state index in [1.807, 2.05) is 6.07 Å². The van der Waals surface area contributed by atoms with Crippen LogP contribution in [0.2, 0.25) is 10.0 Å². The third-order valence-corrected chi connectivity index (χ3v) is 5.21. The van der Waals surface area contributed by atoms with Crippen molar-refractivity contribution in [2.75, 3.05) is 13.1 Å². The van der Waals surface area contributed by atoms with Crippen molar-refractivity contribution in [1.82, 2.24) is 15.6 Å². The van der Waals surface area contributed by atoms with Crippen LogP contribution in [0.3, 0.4) is 0 Å². The van der Waals surface area contributed by atoms with Gasteiger partial charge in [0.2, 0.25) is 0 Å². The first kappa shape index (κ1) is 18.5. The number of aromatic nitrogens is 1. The highest BCUT2D eigenvalue weighted by Gasteiger charge is 2.18. The topological polar surface area (TPSA) is 54.0 Å². The summed E-state index contributed by atoms with van der Waals surface area (Å²) in [5.74, 6) is -0.116. The fraction of sp³-hybridized carbons (Fsp3) is 0.333. The summed E-state index contributed by atoms with van der Waals surface area (Å²) in [7, 11) is 0. The molecule has 2 N–H and O–H groups in total. The Hall–Kier alpha value is -0.850. The number of carbonyl (C=O) groups is 1. The molecule has 2 heterocycles. The van der Waals surface area contributed by atoms with Gasteiger partial charge in [0.1, 0.15) is 10.7 Å². The third-order valence-electron chi connectivity index (χ3n) is 3.58. The number of thiazole rings is 1. The Kier molecular flexibility index (Phi) is 6.68. The quantitative estimate of drug-likeness (QED) is 0.829. The van der Waals surface area contributed by atoms with Crippen molar-refractivity contribution in [3.05, 3.63) is 39.3 Å². The number of rotatable bonds is 3. The van der Waals surface area contributed by atoms with E-state index in [1.54, 1.807) is 17.5 Å². The van der Waals surface area contributed by atoms with Gasteiger partial charge >= 0.3 is 0 Å². The van der Waals surface area contributed by atoms with E-state index in [2.05, 4.69) is 15.6 Å². The van der Waals surface area contributed by atoms with Gasteiger partial charge in [-0.1, -0.05) is 29.3 Å². The van der Waals surface area contributed by atoms with Crippen LogP contribution >= 0.6 is 46.9 Å². The Balaban J connectivity index is 0.00000192. The maximum atomic E-state index is 12.2. The van der Waals surface area contributed by atoms with Gasteiger partial charge in [0.25, 0.3) is 5.91 Å². The van der Waals surface area contributed by atoms with E-state index in [9.17, 15) is 4.79 Å². The number of amides is 1. The highest BCUT2D eigenvalue weighted by Crippen LogP contribution is 2.30. The van der Waals surface area contributed by atoms with Crippen LogP contribution in [0, 0.1) is 0 Å². The van der Waals surface area contributed by atoms with Crippen molar-refractivity contribution in [1.29, 1.82) is 0 Å². The second-order valence-corrected chi connectivity index (χ2v) is 6.84. The second-order valence-electron chi connectivity index (χ2n) is 5.16. The fourth-order valence-electron chi connectivity index (χ4n) is 2.37. The molecule has 2 aromatic rings. The number of carbonyl (C=O) groups excluding carboxylic acids is 1. The average molecular weight is 393 g/mol. The highest BCUT2D eigenvalue weighted by atomic mass is 35.5. The maximum absolute atomic E-state index is 12.2. The second kappa shape index (κ2) is 8.31. The number of nitrogens with zero attached hydrogens (tertiary/aromatic N) is 1. The van der Waals surface area contributed by atoms with Crippen molar-refractivity contribution < 1.29 is 4.79 Å². The first-order valence-corrected chi connectivity index (χ1v) is 8.69. The van der Waals surface area contributed by atoms with Crippen molar-refractivity contribution in [2.24, 2.45) is 0 Å². The lowest BCUT2D eigenvalue weighted by Crippen LogP contribution is -2.42. The Morgan fingerprint density at radius 1 is 1.26 bits per heavy atom. The summed E-state index contributed by atoms with van der Waals surface area (Å²) < 4.78 is 0. The van der Waals surface area contributed by atoms with E-state index in [4.69, 9.17) is 23.2 Å². The highest BCUT2D eigenvalue weighted by molar-refractivity contribution is 7.13. The zero-order valence-electron chi connectivity index (χ0n) is 12.1. The molecular formula is C15H16Cl3N3OS. The molecule has 0 saturated carbocycles. The molecule has 0 spiro atoms. The summed E-state index contributed by atoms with van der Waals surface area (Å²) in [5, 5.41) is 9.83. The summed E-state index contributed by atoms with van der Waals surface area (Å²) in [4.78, 5) is 16.6. The number of piperidine rings is 1. The monoisotopic (exact) mass is 391 g/mol. The smallest absolute Gasteiger partial charge is 0.270 e. The van der Waals surface area contributed by atoms with Gasteiger partial charge in [0.05, 0.1) is 10.0 Å². The summed E-state index contributed by atoms with van der Waals surface area (Å²) in [5.41, 5.74) is 1.31. The predicted octanol–water partition coefficient (Wildman–Crippen LogP) is 4.02. The van der Waals surface area contributed by atoms with Crippen LogP contribution in [0.5, 0.6) is 0 Å². The van der Waals surface area contributed by atoms with Gasteiger partial charge in [-0.15, -0.1) is 23.7 Å². The zero-order valence-corrected chi connectivity index (χ0v) is 15.3. The lowest BCUT2D eigenvalue weighted by molar-refractivity contribution is 0.0925. The normalized spacial score (nSPS) is 15.0. The predicted molar refractivity (Wildman–Crippen MR) is 98.2 cm³/mol. The van der Waals surface area contributed by atoms with Gasteiger partial charge in [-0.25, -0.2) is 4.98 Å². The van der Waals surface area contributed by atoms with Crippen LogP contribution in [0.25, 0.3) is 10.6 Å². The summed E-state index contributed by atoms with van der Waals surface area (Å²) in [6.45, 7) is 1.88. The molecule has 1 amide bonds. The number of benzene rings is 1. The molecule has 1 fully saturated rings. The molecule has 0 radical (unpaired) electrons. The first-order chi connectivity index (χ1) is 10.6. The summed E-state index contributed by atoms with van der Waals surface area (Å²) >= 11 is 13.4. The van der Waals surface area contributed by atoms with E-state index in [0.717, 1.165) is 36.5 Å². The number of halogens is 3. The van der Waals surface area contributed by atoms with Crippen LogP contribution in [0.1, 0.15) is 23.3 Å². The van der Waals surface area contributed by atoms with E-state index >= 15 is 0 Å². The number of hydrogen-bond acceptors (Lipinski definition) is 4. The summed E-state index contributed by atoms with van der Waals surface area (Å²) in [6, 6.07) is 5.57. The van der Waals surface area contributed by atoms with E-state index in [1.165, 1.54) is 11.3 Å². The molecule has 0 unspecified atom stereocenters. The molecule has 3 rings (SSSR count). The van der Waals surface area contributed by atoms with Crippen LogP contribution < -0.4 is 10.6 Å². The van der Waals surface area contributed by atoms with E-state index in [0.29, 0.717) is 15.7 Å². The molecule has 1 aliphatic heterocycles. The van der Waals surface area contributed by atoms with Gasteiger partial charge in [-0.2, -0.15) is 0 Å². The van der Waals surface area contributed by atoms with Crippen LogP contribution in [0.4, 0.5) is 0 Å². The van der Waals surface area contributed by atoms with E-state index < -0.39 is 0 Å². The molecule has 8 heteroatoms.